The lowest BCUT2D eigenvalue weighted by atomic mass is 10.1. The third-order valence-corrected chi connectivity index (χ3v) is 3.40. The number of halogens is 1. The molecule has 0 atom stereocenters. The molecule has 1 aromatic heterocycles. The third kappa shape index (κ3) is 4.18. The number of nitrogens with one attached hydrogen (secondary N) is 1. The van der Waals surface area contributed by atoms with E-state index in [1.54, 1.807) is 11.1 Å². The van der Waals surface area contributed by atoms with Gasteiger partial charge in [-0.3, -0.25) is 4.79 Å². The van der Waals surface area contributed by atoms with Gasteiger partial charge in [-0.2, -0.15) is 0 Å². The van der Waals surface area contributed by atoms with E-state index < -0.39 is 0 Å². The lowest BCUT2D eigenvalue weighted by molar-refractivity contribution is 0.0773. The van der Waals surface area contributed by atoms with Crippen LogP contribution in [0.5, 0.6) is 0 Å². The van der Waals surface area contributed by atoms with E-state index in [0.29, 0.717) is 17.7 Å². The Morgan fingerprint density at radius 3 is 2.75 bits per heavy atom. The monoisotopic (exact) mass is 301 g/mol. The minimum atomic E-state index is -0.0473. The maximum Gasteiger partial charge on any atom is 0.275 e. The first-order chi connectivity index (χ1) is 9.08. The van der Waals surface area contributed by atoms with E-state index in [-0.39, 0.29) is 18.3 Å². The second-order valence-electron chi connectivity index (χ2n) is 5.64. The molecule has 114 valence electrons. The summed E-state index contributed by atoms with van der Waals surface area (Å²) >= 11 is 0. The van der Waals surface area contributed by atoms with Gasteiger partial charge in [0.1, 0.15) is 0 Å². The van der Waals surface area contributed by atoms with E-state index >= 15 is 0 Å². The summed E-state index contributed by atoms with van der Waals surface area (Å²) < 4.78 is 1.84. The molecule has 6 nitrogen and oxygen atoms in total. The highest BCUT2D eigenvalue weighted by atomic mass is 35.5. The number of hydrogen-bond acceptors (Lipinski definition) is 4. The standard InChI is InChI=1S/C13H23N5O.ClH/c1-10(2)8-17(3)13(19)12-9-18(16-15-12)11-4-6-14-7-5-11;/h9-11,14H,4-8H2,1-3H3;1H. The highest BCUT2D eigenvalue weighted by Crippen LogP contribution is 2.17. The van der Waals surface area contributed by atoms with Gasteiger partial charge in [0.05, 0.1) is 12.2 Å². The number of carbonyl (C=O) groups is 1. The molecular weight excluding hydrogens is 278 g/mol. The molecule has 0 aromatic carbocycles. The Hall–Kier alpha value is -1.14. The van der Waals surface area contributed by atoms with Gasteiger partial charge in [-0.1, -0.05) is 19.1 Å². The number of carbonyl (C=O) groups excluding carboxylic acids is 1. The van der Waals surface area contributed by atoms with Crippen LogP contribution < -0.4 is 5.32 Å². The Kier molecular flexibility index (Phi) is 6.42. The van der Waals surface area contributed by atoms with Gasteiger partial charge in [0, 0.05) is 13.6 Å². The van der Waals surface area contributed by atoms with Crippen molar-refractivity contribution in [2.75, 3.05) is 26.7 Å². The lowest BCUT2D eigenvalue weighted by Gasteiger charge is -2.22. The maximum absolute atomic E-state index is 12.2. The molecule has 20 heavy (non-hydrogen) atoms. The van der Waals surface area contributed by atoms with Crippen molar-refractivity contribution in [1.82, 2.24) is 25.2 Å². The average Bonchev–Trinajstić information content (AvgIpc) is 2.87. The van der Waals surface area contributed by atoms with Crippen molar-refractivity contribution in [2.24, 2.45) is 5.92 Å². The number of rotatable bonds is 4. The van der Waals surface area contributed by atoms with Gasteiger partial charge in [-0.15, -0.1) is 17.5 Å². The summed E-state index contributed by atoms with van der Waals surface area (Å²) in [5.74, 6) is 0.405. The Morgan fingerprint density at radius 1 is 1.50 bits per heavy atom. The normalized spacial score (nSPS) is 16.0. The fourth-order valence-corrected chi connectivity index (χ4v) is 2.45. The number of hydrogen-bond donors (Lipinski definition) is 1. The second-order valence-corrected chi connectivity index (χ2v) is 5.64. The van der Waals surface area contributed by atoms with E-state index in [0.717, 1.165) is 32.5 Å². The van der Waals surface area contributed by atoms with Crippen LogP contribution in [0.25, 0.3) is 0 Å². The van der Waals surface area contributed by atoms with E-state index in [9.17, 15) is 4.79 Å². The minimum Gasteiger partial charge on any atom is -0.340 e. The van der Waals surface area contributed by atoms with Gasteiger partial charge >= 0.3 is 0 Å². The van der Waals surface area contributed by atoms with Crippen LogP contribution in [-0.4, -0.2) is 52.5 Å². The van der Waals surface area contributed by atoms with Gasteiger partial charge < -0.3 is 10.2 Å². The number of amides is 1. The van der Waals surface area contributed by atoms with Gasteiger partial charge in [0.15, 0.2) is 5.69 Å². The zero-order valence-corrected chi connectivity index (χ0v) is 13.2. The molecule has 0 saturated carbocycles. The molecule has 1 aliphatic rings. The molecule has 1 amide bonds. The summed E-state index contributed by atoms with van der Waals surface area (Å²) in [6, 6.07) is 0.366. The molecule has 1 aliphatic heterocycles. The molecule has 0 unspecified atom stereocenters. The van der Waals surface area contributed by atoms with Gasteiger partial charge in [0.2, 0.25) is 0 Å². The first kappa shape index (κ1) is 16.9. The van der Waals surface area contributed by atoms with Crippen molar-refractivity contribution in [1.29, 1.82) is 0 Å². The van der Waals surface area contributed by atoms with Crippen LogP contribution in [0.3, 0.4) is 0 Å². The van der Waals surface area contributed by atoms with Crippen LogP contribution in [0.1, 0.15) is 43.2 Å². The Balaban J connectivity index is 0.00000200. The number of aromatic nitrogens is 3. The van der Waals surface area contributed by atoms with E-state index in [1.807, 2.05) is 11.7 Å². The highest BCUT2D eigenvalue weighted by Gasteiger charge is 2.20. The summed E-state index contributed by atoms with van der Waals surface area (Å²) in [6.45, 7) is 6.92. The molecule has 0 radical (unpaired) electrons. The van der Waals surface area contributed by atoms with Gasteiger partial charge in [-0.25, -0.2) is 4.68 Å². The fourth-order valence-electron chi connectivity index (χ4n) is 2.45. The average molecular weight is 302 g/mol. The molecule has 7 heteroatoms. The summed E-state index contributed by atoms with van der Waals surface area (Å²) in [6.07, 6.45) is 3.87. The molecule has 1 N–H and O–H groups in total. The largest absolute Gasteiger partial charge is 0.340 e. The molecule has 0 bridgehead atoms. The van der Waals surface area contributed by atoms with Crippen LogP contribution in [0.2, 0.25) is 0 Å². The van der Waals surface area contributed by atoms with Crippen molar-refractivity contribution in [3.63, 3.8) is 0 Å². The highest BCUT2D eigenvalue weighted by molar-refractivity contribution is 5.91. The predicted molar refractivity (Wildman–Crippen MR) is 80.2 cm³/mol. The SMILES string of the molecule is CC(C)CN(C)C(=O)c1cn(C2CCNCC2)nn1.Cl. The van der Waals surface area contributed by atoms with Gasteiger partial charge in [0.25, 0.3) is 5.91 Å². The molecule has 0 aliphatic carbocycles. The van der Waals surface area contributed by atoms with Gasteiger partial charge in [-0.05, 0) is 31.8 Å². The van der Waals surface area contributed by atoms with Crippen LogP contribution in [-0.2, 0) is 0 Å². The van der Waals surface area contributed by atoms with Crippen molar-refractivity contribution in [3.8, 4) is 0 Å². The first-order valence-corrected chi connectivity index (χ1v) is 6.96. The number of nitrogens with zero attached hydrogens (tertiary/aromatic N) is 4. The Morgan fingerprint density at radius 2 is 2.15 bits per heavy atom. The summed E-state index contributed by atoms with van der Waals surface area (Å²) in [5.41, 5.74) is 0.446. The lowest BCUT2D eigenvalue weighted by Crippen LogP contribution is -2.31. The van der Waals surface area contributed by atoms with E-state index in [4.69, 9.17) is 0 Å². The topological polar surface area (TPSA) is 63.1 Å². The second kappa shape index (κ2) is 7.59. The first-order valence-electron chi connectivity index (χ1n) is 6.96. The summed E-state index contributed by atoms with van der Waals surface area (Å²) in [5, 5.41) is 11.5. The number of piperidine rings is 1. The zero-order valence-electron chi connectivity index (χ0n) is 12.4. The molecule has 1 aromatic rings. The Bertz CT molecular complexity index is 428. The molecule has 0 spiro atoms. The quantitative estimate of drug-likeness (QED) is 0.912. The van der Waals surface area contributed by atoms with Crippen LogP contribution in [0.15, 0.2) is 6.20 Å². The smallest absolute Gasteiger partial charge is 0.275 e. The third-order valence-electron chi connectivity index (χ3n) is 3.40. The predicted octanol–water partition coefficient (Wildman–Crippen LogP) is 1.35. The molecular formula is C13H24ClN5O. The van der Waals surface area contributed by atoms with Crippen molar-refractivity contribution >= 4 is 18.3 Å². The maximum atomic E-state index is 12.2. The molecule has 2 heterocycles. The molecule has 2 rings (SSSR count). The van der Waals surface area contributed by atoms with Crippen LogP contribution >= 0.6 is 12.4 Å². The summed E-state index contributed by atoms with van der Waals surface area (Å²) in [4.78, 5) is 13.9. The Labute approximate surface area is 126 Å². The van der Waals surface area contributed by atoms with Crippen molar-refractivity contribution < 1.29 is 4.79 Å². The van der Waals surface area contributed by atoms with Crippen LogP contribution in [0, 0.1) is 5.92 Å². The summed E-state index contributed by atoms with van der Waals surface area (Å²) in [7, 11) is 1.81. The van der Waals surface area contributed by atoms with Crippen molar-refractivity contribution in [2.45, 2.75) is 32.7 Å². The fraction of sp³-hybridized carbons (Fsp3) is 0.769. The molecule has 1 saturated heterocycles. The van der Waals surface area contributed by atoms with E-state index in [1.165, 1.54) is 0 Å². The van der Waals surface area contributed by atoms with Crippen LogP contribution in [0.4, 0.5) is 0 Å². The zero-order chi connectivity index (χ0) is 13.8. The van der Waals surface area contributed by atoms with Crippen molar-refractivity contribution in [3.05, 3.63) is 11.9 Å². The minimum absolute atomic E-state index is 0. The molecule has 1 fully saturated rings. The van der Waals surface area contributed by atoms with E-state index in [2.05, 4.69) is 29.5 Å².